The summed E-state index contributed by atoms with van der Waals surface area (Å²) in [6, 6.07) is 1.86. The highest BCUT2D eigenvalue weighted by Crippen LogP contribution is 2.15. The lowest BCUT2D eigenvalue weighted by Crippen LogP contribution is -2.28. The Hall–Kier alpha value is -0.910. The molecule has 0 fully saturated rings. The van der Waals surface area contributed by atoms with E-state index in [0.717, 1.165) is 10.4 Å². The minimum Gasteiger partial charge on any atom is -0.378 e. The predicted octanol–water partition coefficient (Wildman–Crippen LogP) is 0.903. The van der Waals surface area contributed by atoms with Crippen LogP contribution in [-0.4, -0.2) is 33.4 Å². The van der Waals surface area contributed by atoms with Gasteiger partial charge in [-0.25, -0.2) is 13.1 Å². The van der Waals surface area contributed by atoms with Gasteiger partial charge in [0, 0.05) is 17.0 Å². The highest BCUT2D eigenvalue weighted by Gasteiger charge is 2.12. The van der Waals surface area contributed by atoms with Gasteiger partial charge in [-0.05, 0) is 25.3 Å². The third kappa shape index (κ3) is 6.50. The van der Waals surface area contributed by atoms with E-state index in [0.29, 0.717) is 0 Å². The SMILES string of the molecule is CC(C)OCCS(=O)(=O)NCc1sccc1C#CCN. The zero-order valence-electron chi connectivity index (χ0n) is 11.7. The van der Waals surface area contributed by atoms with Crippen molar-refractivity contribution in [2.75, 3.05) is 18.9 Å². The molecule has 0 amide bonds. The smallest absolute Gasteiger partial charge is 0.214 e. The first-order valence-corrected chi connectivity index (χ1v) is 8.82. The van der Waals surface area contributed by atoms with Gasteiger partial charge < -0.3 is 10.5 Å². The zero-order chi connectivity index (χ0) is 15.0. The molecule has 1 aromatic heterocycles. The molecule has 0 spiro atoms. The van der Waals surface area contributed by atoms with Crippen molar-refractivity contribution in [2.24, 2.45) is 5.73 Å². The highest BCUT2D eigenvalue weighted by molar-refractivity contribution is 7.89. The van der Waals surface area contributed by atoms with Crippen molar-refractivity contribution >= 4 is 21.4 Å². The number of rotatable bonds is 7. The molecule has 0 bridgehead atoms. The van der Waals surface area contributed by atoms with Gasteiger partial charge in [0.15, 0.2) is 0 Å². The van der Waals surface area contributed by atoms with Crippen molar-refractivity contribution in [3.05, 3.63) is 21.9 Å². The topological polar surface area (TPSA) is 81.4 Å². The van der Waals surface area contributed by atoms with Crippen molar-refractivity contribution in [1.82, 2.24) is 4.72 Å². The predicted molar refractivity (Wildman–Crippen MR) is 82.0 cm³/mol. The molecule has 7 heteroatoms. The molecule has 0 atom stereocenters. The molecule has 0 aliphatic heterocycles. The van der Waals surface area contributed by atoms with Crippen molar-refractivity contribution in [3.63, 3.8) is 0 Å². The van der Waals surface area contributed by atoms with Gasteiger partial charge in [-0.1, -0.05) is 11.8 Å². The van der Waals surface area contributed by atoms with E-state index < -0.39 is 10.0 Å². The van der Waals surface area contributed by atoms with Gasteiger partial charge in [0.2, 0.25) is 10.0 Å². The molecule has 5 nitrogen and oxygen atoms in total. The molecule has 0 aliphatic carbocycles. The summed E-state index contributed by atoms with van der Waals surface area (Å²) < 4.78 is 31.4. The number of nitrogens with two attached hydrogens (primary N) is 1. The number of thiophene rings is 1. The summed E-state index contributed by atoms with van der Waals surface area (Å²) in [6.45, 7) is 4.46. The molecule has 3 N–H and O–H groups in total. The van der Waals surface area contributed by atoms with Crippen LogP contribution in [0, 0.1) is 11.8 Å². The number of hydrogen-bond acceptors (Lipinski definition) is 5. The molecule has 0 aromatic carbocycles. The summed E-state index contributed by atoms with van der Waals surface area (Å²) in [5, 5.41) is 1.88. The van der Waals surface area contributed by atoms with Crippen LogP contribution in [0.5, 0.6) is 0 Å². The zero-order valence-corrected chi connectivity index (χ0v) is 13.3. The maximum atomic E-state index is 11.8. The molecule has 1 aromatic rings. The lowest BCUT2D eigenvalue weighted by molar-refractivity contribution is 0.0911. The standard InChI is InChI=1S/C13H20N2O3S2/c1-11(2)18-7-9-20(16,17)15-10-13-12(4-3-6-14)5-8-19-13/h5,8,11,15H,6-7,9-10,14H2,1-2H3. The molecule has 0 saturated heterocycles. The minimum atomic E-state index is -3.33. The van der Waals surface area contributed by atoms with Gasteiger partial charge in [0.25, 0.3) is 0 Å². The summed E-state index contributed by atoms with van der Waals surface area (Å²) in [7, 11) is -3.33. The fraction of sp³-hybridized carbons (Fsp3) is 0.538. The lowest BCUT2D eigenvalue weighted by Gasteiger charge is -2.09. The van der Waals surface area contributed by atoms with Crippen LogP contribution in [0.1, 0.15) is 24.3 Å². The summed E-state index contributed by atoms with van der Waals surface area (Å²) in [4.78, 5) is 0.888. The van der Waals surface area contributed by atoms with Crippen molar-refractivity contribution < 1.29 is 13.2 Å². The summed E-state index contributed by atoms with van der Waals surface area (Å²) in [5.41, 5.74) is 6.14. The van der Waals surface area contributed by atoms with Crippen molar-refractivity contribution in [1.29, 1.82) is 0 Å². The summed E-state index contributed by atoms with van der Waals surface area (Å²) in [5.74, 6) is 5.64. The Bertz CT molecular complexity index is 568. The molecule has 1 rings (SSSR count). The molecule has 1 heterocycles. The number of sulfonamides is 1. The van der Waals surface area contributed by atoms with E-state index in [4.69, 9.17) is 10.5 Å². The molecule has 0 saturated carbocycles. The Balaban J connectivity index is 2.52. The maximum absolute atomic E-state index is 11.8. The van der Waals surface area contributed by atoms with Crippen LogP contribution in [0.4, 0.5) is 0 Å². The van der Waals surface area contributed by atoms with Crippen LogP contribution >= 0.6 is 11.3 Å². The average Bonchev–Trinajstić information content (AvgIpc) is 2.80. The summed E-state index contributed by atoms with van der Waals surface area (Å²) in [6.07, 6.45) is 0.0284. The van der Waals surface area contributed by atoms with E-state index >= 15 is 0 Å². The largest absolute Gasteiger partial charge is 0.378 e. The monoisotopic (exact) mass is 316 g/mol. The normalized spacial score (nSPS) is 11.4. The van der Waals surface area contributed by atoms with Gasteiger partial charge in [0.1, 0.15) is 0 Å². The maximum Gasteiger partial charge on any atom is 0.214 e. The first kappa shape index (κ1) is 17.1. The molecule has 0 aliphatic rings. The van der Waals surface area contributed by atoms with Crippen LogP contribution < -0.4 is 10.5 Å². The van der Waals surface area contributed by atoms with Crippen LogP contribution in [-0.2, 0) is 21.3 Å². The second-order valence-electron chi connectivity index (χ2n) is 4.32. The van der Waals surface area contributed by atoms with E-state index in [-0.39, 0.29) is 31.6 Å². The minimum absolute atomic E-state index is 0.0284. The van der Waals surface area contributed by atoms with Crippen molar-refractivity contribution in [2.45, 2.75) is 26.5 Å². The molecular formula is C13H20N2O3S2. The Morgan fingerprint density at radius 2 is 2.25 bits per heavy atom. The van der Waals surface area contributed by atoms with E-state index in [1.807, 2.05) is 25.3 Å². The van der Waals surface area contributed by atoms with Gasteiger partial charge in [-0.15, -0.1) is 11.3 Å². The molecule has 0 unspecified atom stereocenters. The molecule has 0 radical (unpaired) electrons. The fourth-order valence-electron chi connectivity index (χ4n) is 1.38. The van der Waals surface area contributed by atoms with Crippen LogP contribution in [0.15, 0.2) is 11.4 Å². The summed E-state index contributed by atoms with van der Waals surface area (Å²) >= 11 is 1.47. The van der Waals surface area contributed by atoms with Gasteiger partial charge in [-0.3, -0.25) is 0 Å². The van der Waals surface area contributed by atoms with Crippen LogP contribution in [0.3, 0.4) is 0 Å². The third-order valence-corrected chi connectivity index (χ3v) is 4.54. The van der Waals surface area contributed by atoms with Crippen LogP contribution in [0.2, 0.25) is 0 Å². The highest BCUT2D eigenvalue weighted by atomic mass is 32.2. The first-order chi connectivity index (χ1) is 9.44. The average molecular weight is 316 g/mol. The first-order valence-electron chi connectivity index (χ1n) is 6.29. The Morgan fingerprint density at radius 3 is 2.90 bits per heavy atom. The van der Waals surface area contributed by atoms with E-state index in [9.17, 15) is 8.42 Å². The fourth-order valence-corrected chi connectivity index (χ4v) is 3.06. The lowest BCUT2D eigenvalue weighted by atomic mass is 10.2. The van der Waals surface area contributed by atoms with Crippen molar-refractivity contribution in [3.8, 4) is 11.8 Å². The van der Waals surface area contributed by atoms with Gasteiger partial charge in [-0.2, -0.15) is 0 Å². The van der Waals surface area contributed by atoms with Crippen LogP contribution in [0.25, 0.3) is 0 Å². The second-order valence-corrected chi connectivity index (χ2v) is 7.25. The van der Waals surface area contributed by atoms with E-state index in [1.165, 1.54) is 11.3 Å². The van der Waals surface area contributed by atoms with E-state index in [1.54, 1.807) is 0 Å². The third-order valence-electron chi connectivity index (χ3n) is 2.33. The second kappa shape index (κ2) is 8.39. The number of hydrogen-bond donors (Lipinski definition) is 2. The molecular weight excluding hydrogens is 296 g/mol. The number of nitrogens with one attached hydrogen (secondary N) is 1. The number of ether oxygens (including phenoxy) is 1. The quantitative estimate of drug-likeness (QED) is 0.733. The Labute approximate surface area is 124 Å². The van der Waals surface area contributed by atoms with Gasteiger partial charge in [0.05, 0.1) is 25.0 Å². The van der Waals surface area contributed by atoms with Gasteiger partial charge >= 0.3 is 0 Å². The Kier molecular flexibility index (Phi) is 7.19. The van der Waals surface area contributed by atoms with E-state index in [2.05, 4.69) is 16.6 Å². The molecule has 20 heavy (non-hydrogen) atoms. The Morgan fingerprint density at radius 1 is 1.50 bits per heavy atom. The molecule has 112 valence electrons.